The monoisotopic (exact) mass is 242 g/mol. The van der Waals surface area contributed by atoms with Crippen LogP contribution in [0.15, 0.2) is 54.6 Å². The molecule has 3 heteroatoms. The van der Waals surface area contributed by atoms with Gasteiger partial charge in [0.1, 0.15) is 6.10 Å². The minimum absolute atomic E-state index is 0.193. The van der Waals surface area contributed by atoms with Crippen molar-refractivity contribution in [3.63, 3.8) is 0 Å². The SMILES string of the molecule is O=C1c2ccccc2C(O)C1(F)c1ccccc1. The lowest BCUT2D eigenvalue weighted by Gasteiger charge is -2.22. The highest BCUT2D eigenvalue weighted by atomic mass is 19.1. The number of rotatable bonds is 1. The molecule has 0 radical (unpaired) electrons. The lowest BCUT2D eigenvalue weighted by atomic mass is 9.90. The molecule has 2 nitrogen and oxygen atoms in total. The van der Waals surface area contributed by atoms with E-state index >= 15 is 4.39 Å². The lowest BCUT2D eigenvalue weighted by Crippen LogP contribution is -2.31. The first-order valence-electron chi connectivity index (χ1n) is 5.72. The van der Waals surface area contributed by atoms with E-state index in [9.17, 15) is 9.90 Å². The molecule has 90 valence electrons. The molecule has 2 aromatic rings. The molecule has 0 heterocycles. The van der Waals surface area contributed by atoms with Gasteiger partial charge in [0.25, 0.3) is 0 Å². The van der Waals surface area contributed by atoms with Gasteiger partial charge in [-0.25, -0.2) is 4.39 Å². The van der Waals surface area contributed by atoms with Gasteiger partial charge >= 0.3 is 0 Å². The zero-order chi connectivity index (χ0) is 12.8. The minimum Gasteiger partial charge on any atom is -0.384 e. The number of alkyl halides is 1. The van der Waals surface area contributed by atoms with E-state index in [4.69, 9.17) is 0 Å². The molecule has 2 atom stereocenters. The van der Waals surface area contributed by atoms with Crippen LogP contribution in [0.5, 0.6) is 0 Å². The van der Waals surface area contributed by atoms with Gasteiger partial charge in [0.05, 0.1) is 0 Å². The largest absolute Gasteiger partial charge is 0.384 e. The van der Waals surface area contributed by atoms with Crippen molar-refractivity contribution in [3.8, 4) is 0 Å². The van der Waals surface area contributed by atoms with Crippen molar-refractivity contribution in [1.82, 2.24) is 0 Å². The molecule has 3 rings (SSSR count). The quantitative estimate of drug-likeness (QED) is 0.834. The van der Waals surface area contributed by atoms with Crippen molar-refractivity contribution in [2.75, 3.05) is 0 Å². The van der Waals surface area contributed by atoms with Gasteiger partial charge in [-0.05, 0) is 11.1 Å². The smallest absolute Gasteiger partial charge is 0.228 e. The van der Waals surface area contributed by atoms with Gasteiger partial charge < -0.3 is 5.11 Å². The second kappa shape index (κ2) is 3.75. The van der Waals surface area contributed by atoms with Crippen LogP contribution in [0.1, 0.15) is 27.6 Å². The number of carbonyl (C=O) groups excluding carboxylic acids is 1. The van der Waals surface area contributed by atoms with E-state index in [2.05, 4.69) is 0 Å². The van der Waals surface area contributed by atoms with Crippen molar-refractivity contribution in [1.29, 1.82) is 0 Å². The molecule has 0 saturated carbocycles. The van der Waals surface area contributed by atoms with Crippen LogP contribution in [0, 0.1) is 0 Å². The van der Waals surface area contributed by atoms with Gasteiger partial charge in [-0.3, -0.25) is 4.79 Å². The Morgan fingerprint density at radius 1 is 1.00 bits per heavy atom. The summed E-state index contributed by atoms with van der Waals surface area (Å²) in [6.07, 6.45) is -1.44. The van der Waals surface area contributed by atoms with Crippen molar-refractivity contribution in [2.45, 2.75) is 11.8 Å². The van der Waals surface area contributed by atoms with Crippen LogP contribution < -0.4 is 0 Å². The lowest BCUT2D eigenvalue weighted by molar-refractivity contribution is 0.00747. The molecule has 0 amide bonds. The average Bonchev–Trinajstić information content (AvgIpc) is 2.64. The number of aliphatic hydroxyl groups is 1. The fraction of sp³-hybridized carbons (Fsp3) is 0.133. The van der Waals surface area contributed by atoms with E-state index in [1.54, 1.807) is 42.5 Å². The normalized spacial score (nSPS) is 26.1. The molecular weight excluding hydrogens is 231 g/mol. The Bertz CT molecular complexity index is 609. The van der Waals surface area contributed by atoms with E-state index in [-0.39, 0.29) is 11.1 Å². The van der Waals surface area contributed by atoms with Gasteiger partial charge in [0, 0.05) is 5.56 Å². The maximum absolute atomic E-state index is 15.0. The first kappa shape index (κ1) is 11.1. The molecule has 2 unspecified atom stereocenters. The third-order valence-corrected chi connectivity index (χ3v) is 3.40. The number of hydrogen-bond acceptors (Lipinski definition) is 2. The molecule has 0 aliphatic heterocycles. The molecule has 0 aromatic heterocycles. The fourth-order valence-corrected chi connectivity index (χ4v) is 2.45. The van der Waals surface area contributed by atoms with Crippen LogP contribution in [-0.4, -0.2) is 10.9 Å². The first-order chi connectivity index (χ1) is 8.65. The average molecular weight is 242 g/mol. The highest BCUT2D eigenvalue weighted by molar-refractivity contribution is 6.08. The number of aliphatic hydroxyl groups excluding tert-OH is 1. The van der Waals surface area contributed by atoms with Crippen LogP contribution in [0.4, 0.5) is 4.39 Å². The van der Waals surface area contributed by atoms with Crippen molar-refractivity contribution < 1.29 is 14.3 Å². The Morgan fingerprint density at radius 3 is 2.28 bits per heavy atom. The molecular formula is C15H11FO2. The Morgan fingerprint density at radius 2 is 1.61 bits per heavy atom. The van der Waals surface area contributed by atoms with Gasteiger partial charge in [0.15, 0.2) is 0 Å². The Balaban J connectivity index is 2.20. The van der Waals surface area contributed by atoms with Crippen molar-refractivity contribution >= 4 is 5.78 Å². The summed E-state index contributed by atoms with van der Waals surface area (Å²) in [6, 6.07) is 14.6. The summed E-state index contributed by atoms with van der Waals surface area (Å²) in [4.78, 5) is 12.2. The van der Waals surface area contributed by atoms with Gasteiger partial charge in [-0.1, -0.05) is 54.6 Å². The standard InChI is InChI=1S/C15H11FO2/c16-15(10-6-2-1-3-7-10)13(17)11-8-4-5-9-12(11)14(15)18/h1-9,13,17H. The number of carbonyl (C=O) groups is 1. The maximum Gasteiger partial charge on any atom is 0.228 e. The number of benzene rings is 2. The van der Waals surface area contributed by atoms with Gasteiger partial charge in [-0.15, -0.1) is 0 Å². The van der Waals surface area contributed by atoms with Crippen LogP contribution in [0.2, 0.25) is 0 Å². The van der Waals surface area contributed by atoms with Gasteiger partial charge in [-0.2, -0.15) is 0 Å². The minimum atomic E-state index is -2.37. The number of hydrogen-bond donors (Lipinski definition) is 1. The number of ketones is 1. The highest BCUT2D eigenvalue weighted by Crippen LogP contribution is 2.48. The zero-order valence-electron chi connectivity index (χ0n) is 9.51. The van der Waals surface area contributed by atoms with Crippen molar-refractivity contribution in [2.24, 2.45) is 0 Å². The summed E-state index contributed by atoms with van der Waals surface area (Å²) < 4.78 is 15.0. The number of fused-ring (bicyclic) bond motifs is 1. The molecule has 0 saturated heterocycles. The maximum atomic E-state index is 15.0. The molecule has 1 aliphatic rings. The second-order valence-corrected chi connectivity index (χ2v) is 4.40. The summed E-state index contributed by atoms with van der Waals surface area (Å²) in [5.41, 5.74) is -1.56. The number of halogens is 1. The van der Waals surface area contributed by atoms with Crippen LogP contribution in [-0.2, 0) is 5.67 Å². The summed E-state index contributed by atoms with van der Waals surface area (Å²) in [5, 5.41) is 10.1. The topological polar surface area (TPSA) is 37.3 Å². The van der Waals surface area contributed by atoms with Crippen LogP contribution >= 0.6 is 0 Å². The van der Waals surface area contributed by atoms with E-state index in [0.717, 1.165) is 0 Å². The Labute approximate surface area is 104 Å². The van der Waals surface area contributed by atoms with Crippen LogP contribution in [0.25, 0.3) is 0 Å². The van der Waals surface area contributed by atoms with E-state index in [0.29, 0.717) is 5.56 Å². The fourth-order valence-electron chi connectivity index (χ4n) is 2.45. The molecule has 1 aliphatic carbocycles. The van der Waals surface area contributed by atoms with Crippen LogP contribution in [0.3, 0.4) is 0 Å². The molecule has 0 spiro atoms. The predicted molar refractivity (Wildman–Crippen MR) is 65.0 cm³/mol. The Kier molecular flexibility index (Phi) is 2.31. The zero-order valence-corrected chi connectivity index (χ0v) is 9.51. The Hall–Kier alpha value is -2.00. The molecule has 0 bridgehead atoms. The predicted octanol–water partition coefficient (Wildman–Crippen LogP) is 2.78. The summed E-state index contributed by atoms with van der Waals surface area (Å²) >= 11 is 0. The van der Waals surface area contributed by atoms with Gasteiger partial charge in [0.2, 0.25) is 11.5 Å². The second-order valence-electron chi connectivity index (χ2n) is 4.40. The third-order valence-electron chi connectivity index (χ3n) is 3.40. The molecule has 1 N–H and O–H groups in total. The third kappa shape index (κ3) is 1.28. The van der Waals surface area contributed by atoms with E-state index in [1.807, 2.05) is 0 Å². The van der Waals surface area contributed by atoms with E-state index < -0.39 is 17.6 Å². The molecule has 2 aromatic carbocycles. The first-order valence-corrected chi connectivity index (χ1v) is 5.72. The summed E-state index contributed by atoms with van der Waals surface area (Å²) in [7, 11) is 0. The molecule has 0 fully saturated rings. The summed E-state index contributed by atoms with van der Waals surface area (Å²) in [6.45, 7) is 0. The van der Waals surface area contributed by atoms with Crippen molar-refractivity contribution in [3.05, 3.63) is 71.3 Å². The number of Topliss-reactive ketones (excluding diaryl/α,β-unsaturated/α-hetero) is 1. The highest BCUT2D eigenvalue weighted by Gasteiger charge is 2.54. The molecule has 18 heavy (non-hydrogen) atoms. The summed E-state index contributed by atoms with van der Waals surface area (Å²) in [5.74, 6) is -0.670. The van der Waals surface area contributed by atoms with E-state index in [1.165, 1.54) is 12.1 Å².